The fraction of sp³-hybridized carbons (Fsp3) is 0.115. The van der Waals surface area contributed by atoms with Crippen LogP contribution in [0.5, 0.6) is 17.2 Å². The van der Waals surface area contributed by atoms with E-state index in [1.165, 1.54) is 11.3 Å². The third-order valence-corrected chi connectivity index (χ3v) is 6.54. The monoisotopic (exact) mass is 506 g/mol. The molecular weight excluding hydrogens is 488 g/mol. The molecule has 3 aromatic carbocycles. The number of hydrogen-bond acceptors (Lipinski definition) is 7. The van der Waals surface area contributed by atoms with Crippen molar-refractivity contribution in [1.82, 2.24) is 9.38 Å². The van der Waals surface area contributed by atoms with Gasteiger partial charge in [0.1, 0.15) is 5.75 Å². The van der Waals surface area contributed by atoms with Crippen molar-refractivity contribution in [3.8, 4) is 17.2 Å². The van der Waals surface area contributed by atoms with Crippen molar-refractivity contribution in [2.75, 3.05) is 13.7 Å². The van der Waals surface area contributed by atoms with E-state index >= 15 is 0 Å². The first-order valence-electron chi connectivity index (χ1n) is 10.7. The van der Waals surface area contributed by atoms with Crippen molar-refractivity contribution in [1.29, 1.82) is 0 Å². The number of nitrogens with zero attached hydrogens (tertiary/aromatic N) is 2. The first-order valence-corrected chi connectivity index (χ1v) is 11.9. The molecule has 0 spiro atoms. The number of imidazole rings is 1. The largest absolute Gasteiger partial charge is 0.497 e. The molecule has 0 aliphatic heterocycles. The minimum absolute atomic E-state index is 0.112. The zero-order valence-corrected chi connectivity index (χ0v) is 20.4. The summed E-state index contributed by atoms with van der Waals surface area (Å²) in [6.45, 7) is 2.15. The van der Waals surface area contributed by atoms with Crippen LogP contribution in [0.4, 0.5) is 0 Å². The maximum absolute atomic E-state index is 13.1. The highest BCUT2D eigenvalue weighted by Gasteiger charge is 2.18. The molecule has 35 heavy (non-hydrogen) atoms. The molecule has 0 N–H and O–H groups in total. The van der Waals surface area contributed by atoms with Crippen LogP contribution >= 0.6 is 22.9 Å². The number of rotatable bonds is 6. The fourth-order valence-corrected chi connectivity index (χ4v) is 4.92. The van der Waals surface area contributed by atoms with Gasteiger partial charge in [-0.15, -0.1) is 0 Å². The average Bonchev–Trinajstić information content (AvgIpc) is 3.37. The van der Waals surface area contributed by atoms with Gasteiger partial charge >= 0.3 is 5.97 Å². The fourth-order valence-electron chi connectivity index (χ4n) is 3.68. The predicted molar refractivity (Wildman–Crippen MR) is 136 cm³/mol. The van der Waals surface area contributed by atoms with E-state index < -0.39 is 5.97 Å². The lowest BCUT2D eigenvalue weighted by Gasteiger charge is -2.13. The summed E-state index contributed by atoms with van der Waals surface area (Å²) < 4.78 is 18.5. The van der Waals surface area contributed by atoms with Crippen LogP contribution in [0.1, 0.15) is 22.8 Å². The molecule has 0 fully saturated rings. The first-order chi connectivity index (χ1) is 17.0. The number of esters is 1. The Morgan fingerprint density at radius 2 is 1.91 bits per heavy atom. The Bertz CT molecular complexity index is 1670. The molecule has 2 aromatic heterocycles. The number of carbonyl (C=O) groups is 1. The summed E-state index contributed by atoms with van der Waals surface area (Å²) in [5.74, 6) is 0.454. The van der Waals surface area contributed by atoms with E-state index in [2.05, 4.69) is 4.98 Å². The van der Waals surface area contributed by atoms with Gasteiger partial charge in [-0.25, -0.2) is 14.2 Å². The smallest absolute Gasteiger partial charge is 0.343 e. The number of thiazole rings is 1. The topological polar surface area (TPSA) is 79.1 Å². The van der Waals surface area contributed by atoms with Crippen LogP contribution in [0.15, 0.2) is 65.5 Å². The Hall–Kier alpha value is -3.88. The number of carbonyl (C=O) groups excluding carboxylic acids is 1. The second-order valence-corrected chi connectivity index (χ2v) is 8.93. The second-order valence-electron chi connectivity index (χ2n) is 7.52. The van der Waals surface area contributed by atoms with Crippen LogP contribution in [-0.2, 0) is 0 Å². The molecule has 0 amide bonds. The summed E-state index contributed by atoms with van der Waals surface area (Å²) >= 11 is 7.79. The normalized spacial score (nSPS) is 11.8. The third-order valence-electron chi connectivity index (χ3n) is 5.30. The summed E-state index contributed by atoms with van der Waals surface area (Å²) in [4.78, 5) is 30.9. The Morgan fingerprint density at radius 1 is 1.14 bits per heavy atom. The number of aromatic nitrogens is 2. The molecule has 0 radical (unpaired) electrons. The third kappa shape index (κ3) is 4.34. The van der Waals surface area contributed by atoms with Crippen molar-refractivity contribution in [3.63, 3.8) is 0 Å². The molecule has 176 valence electrons. The molecule has 0 saturated carbocycles. The number of hydrogen-bond donors (Lipinski definition) is 0. The molecule has 0 unspecified atom stereocenters. The van der Waals surface area contributed by atoms with Crippen LogP contribution in [0.25, 0.3) is 22.1 Å². The predicted octanol–water partition coefficient (Wildman–Crippen LogP) is 4.74. The Labute approximate surface area is 208 Å². The van der Waals surface area contributed by atoms with Gasteiger partial charge in [-0.3, -0.25) is 4.79 Å². The highest BCUT2D eigenvalue weighted by atomic mass is 35.5. The van der Waals surface area contributed by atoms with Crippen LogP contribution in [0.2, 0.25) is 5.02 Å². The van der Waals surface area contributed by atoms with Crippen LogP contribution in [0.3, 0.4) is 0 Å². The summed E-state index contributed by atoms with van der Waals surface area (Å²) in [6.07, 6.45) is 1.72. The quantitative estimate of drug-likeness (QED) is 0.244. The Morgan fingerprint density at radius 3 is 2.66 bits per heavy atom. The first kappa shape index (κ1) is 22.9. The van der Waals surface area contributed by atoms with E-state index in [-0.39, 0.29) is 16.3 Å². The Kier molecular flexibility index (Phi) is 6.15. The van der Waals surface area contributed by atoms with E-state index in [9.17, 15) is 9.59 Å². The minimum atomic E-state index is -0.583. The number of benzene rings is 3. The highest BCUT2D eigenvalue weighted by molar-refractivity contribution is 7.15. The molecule has 0 saturated heterocycles. The summed E-state index contributed by atoms with van der Waals surface area (Å²) in [7, 11) is 1.55. The van der Waals surface area contributed by atoms with Gasteiger partial charge in [-0.2, -0.15) is 0 Å². The van der Waals surface area contributed by atoms with Gasteiger partial charge in [0.15, 0.2) is 16.5 Å². The van der Waals surface area contributed by atoms with E-state index in [0.717, 1.165) is 11.0 Å². The van der Waals surface area contributed by atoms with Gasteiger partial charge in [0.05, 0.1) is 39.9 Å². The number of para-hydroxylation sites is 2. The number of halogens is 1. The average molecular weight is 507 g/mol. The maximum Gasteiger partial charge on any atom is 0.343 e. The van der Waals surface area contributed by atoms with E-state index in [1.54, 1.807) is 54.0 Å². The molecule has 9 heteroatoms. The number of ether oxygens (including phenoxy) is 3. The lowest BCUT2D eigenvalue weighted by molar-refractivity contribution is 0.0728. The zero-order chi connectivity index (χ0) is 24.5. The maximum atomic E-state index is 13.1. The lowest BCUT2D eigenvalue weighted by atomic mass is 10.2. The van der Waals surface area contributed by atoms with Gasteiger partial charge in [-0.05, 0) is 67.1 Å². The molecule has 2 heterocycles. The Balaban J connectivity index is 1.52. The van der Waals surface area contributed by atoms with E-state index in [4.69, 9.17) is 25.8 Å². The standard InChI is InChI=1S/C26H19ClN2O5S/c1-3-33-21-13-15(12-18(27)23(21)34-25(31)16-8-10-17(32-2)11-9-16)14-22-24(30)29-20-7-5-4-6-19(20)28-26(29)35-22/h4-14H,3H2,1-2H3/b22-14-. The van der Waals surface area contributed by atoms with Gasteiger partial charge < -0.3 is 14.2 Å². The summed E-state index contributed by atoms with van der Waals surface area (Å²) in [6, 6.07) is 17.3. The second kappa shape index (κ2) is 9.40. The molecule has 5 rings (SSSR count). The molecule has 0 atom stereocenters. The lowest BCUT2D eigenvalue weighted by Crippen LogP contribution is -2.22. The summed E-state index contributed by atoms with van der Waals surface area (Å²) in [5, 5.41) is 0.184. The van der Waals surface area contributed by atoms with Crippen molar-refractivity contribution in [2.24, 2.45) is 0 Å². The van der Waals surface area contributed by atoms with Crippen molar-refractivity contribution >= 4 is 51.0 Å². The van der Waals surface area contributed by atoms with Crippen LogP contribution in [0, 0.1) is 0 Å². The van der Waals surface area contributed by atoms with E-state index in [0.29, 0.717) is 38.7 Å². The SMILES string of the molecule is CCOc1cc(/C=c2\sc3nc4ccccc4n3c2=O)cc(Cl)c1OC(=O)c1ccc(OC)cc1. The molecule has 0 aliphatic rings. The van der Waals surface area contributed by atoms with Gasteiger partial charge in [0.25, 0.3) is 5.56 Å². The highest BCUT2D eigenvalue weighted by Crippen LogP contribution is 2.37. The molecule has 7 nitrogen and oxygen atoms in total. The molecular formula is C26H19ClN2O5S. The van der Waals surface area contributed by atoms with Crippen molar-refractivity contribution in [2.45, 2.75) is 6.92 Å². The molecule has 0 aliphatic carbocycles. The molecule has 0 bridgehead atoms. The van der Waals surface area contributed by atoms with Gasteiger partial charge in [0, 0.05) is 0 Å². The number of methoxy groups -OCH3 is 1. The zero-order valence-electron chi connectivity index (χ0n) is 18.8. The van der Waals surface area contributed by atoms with E-state index in [1.807, 2.05) is 31.2 Å². The minimum Gasteiger partial charge on any atom is -0.497 e. The van der Waals surface area contributed by atoms with Crippen molar-refractivity contribution < 1.29 is 19.0 Å². The van der Waals surface area contributed by atoms with Crippen molar-refractivity contribution in [3.05, 3.63) is 91.7 Å². The van der Waals surface area contributed by atoms with Crippen LogP contribution in [-0.4, -0.2) is 29.1 Å². The van der Waals surface area contributed by atoms with Gasteiger partial charge in [-0.1, -0.05) is 35.1 Å². The summed E-state index contributed by atoms with van der Waals surface area (Å²) in [5.41, 5.74) is 2.34. The number of fused-ring (bicyclic) bond motifs is 3. The molecule has 5 aromatic rings. The van der Waals surface area contributed by atoms with Gasteiger partial charge in [0.2, 0.25) is 0 Å². The van der Waals surface area contributed by atoms with Crippen LogP contribution < -0.4 is 24.3 Å².